The Hall–Kier alpha value is -2.53. The number of aryl methyl sites for hydroxylation is 1. The summed E-state index contributed by atoms with van der Waals surface area (Å²) in [6.07, 6.45) is 0.261. The van der Waals surface area contributed by atoms with Gasteiger partial charge in [-0.1, -0.05) is 29.8 Å². The molecular weight excluding hydrogens is 338 g/mol. The molecule has 2 amide bonds. The van der Waals surface area contributed by atoms with E-state index < -0.39 is 0 Å². The van der Waals surface area contributed by atoms with Gasteiger partial charge in [0, 0.05) is 23.2 Å². The van der Waals surface area contributed by atoms with E-state index in [1.165, 1.54) is 0 Å². The number of hydrogen-bond donors (Lipinski definition) is 2. The van der Waals surface area contributed by atoms with Crippen LogP contribution in [-0.4, -0.2) is 24.4 Å². The first-order chi connectivity index (χ1) is 12.0. The van der Waals surface area contributed by atoms with Crippen LogP contribution in [0.1, 0.15) is 18.9 Å². The van der Waals surface area contributed by atoms with Gasteiger partial charge >= 0.3 is 0 Å². The molecule has 1 atom stereocenters. The zero-order chi connectivity index (χ0) is 18.0. The first-order valence-electron chi connectivity index (χ1n) is 8.16. The second kappa shape index (κ2) is 7.15. The number of nitrogens with zero attached hydrogens (tertiary/aromatic N) is 1. The molecule has 1 aliphatic heterocycles. The molecule has 2 aromatic carbocycles. The molecule has 1 heterocycles. The largest absolute Gasteiger partial charge is 0.376 e. The number of carbonyl (C=O) groups excluding carboxylic acids is 2. The van der Waals surface area contributed by atoms with Crippen molar-refractivity contribution in [2.75, 3.05) is 22.1 Å². The van der Waals surface area contributed by atoms with Gasteiger partial charge in [0.05, 0.1) is 17.9 Å². The van der Waals surface area contributed by atoms with Crippen molar-refractivity contribution < 1.29 is 9.59 Å². The summed E-state index contributed by atoms with van der Waals surface area (Å²) in [4.78, 5) is 26.6. The molecule has 5 nitrogen and oxygen atoms in total. The van der Waals surface area contributed by atoms with Gasteiger partial charge in [0.1, 0.15) is 0 Å². The number of hydrogen-bond acceptors (Lipinski definition) is 3. The maximum atomic E-state index is 12.9. The highest BCUT2D eigenvalue weighted by atomic mass is 35.5. The van der Waals surface area contributed by atoms with Crippen molar-refractivity contribution in [1.29, 1.82) is 0 Å². The Morgan fingerprint density at radius 1 is 1.32 bits per heavy atom. The molecular formula is C19H20ClN3O2. The third-order valence-electron chi connectivity index (χ3n) is 4.26. The maximum Gasteiger partial charge on any atom is 0.246 e. The molecule has 25 heavy (non-hydrogen) atoms. The average Bonchev–Trinajstić information content (AvgIpc) is 2.69. The van der Waals surface area contributed by atoms with E-state index in [0.717, 1.165) is 16.9 Å². The Morgan fingerprint density at radius 2 is 2.08 bits per heavy atom. The van der Waals surface area contributed by atoms with E-state index >= 15 is 0 Å². The summed E-state index contributed by atoms with van der Waals surface area (Å²) in [6, 6.07) is 12.6. The Bertz CT molecular complexity index is 822. The van der Waals surface area contributed by atoms with E-state index in [1.54, 1.807) is 17.0 Å². The van der Waals surface area contributed by atoms with Gasteiger partial charge in [-0.05, 0) is 43.7 Å². The summed E-state index contributed by atoms with van der Waals surface area (Å²) in [7, 11) is 0. The Balaban J connectivity index is 1.83. The minimum absolute atomic E-state index is 0.0890. The van der Waals surface area contributed by atoms with Gasteiger partial charge < -0.3 is 15.5 Å². The second-order valence-electron chi connectivity index (χ2n) is 6.20. The maximum absolute atomic E-state index is 12.9. The number of amides is 2. The van der Waals surface area contributed by atoms with Crippen molar-refractivity contribution >= 4 is 40.5 Å². The fourth-order valence-electron chi connectivity index (χ4n) is 3.01. The summed E-state index contributed by atoms with van der Waals surface area (Å²) in [6.45, 7) is 3.95. The van der Waals surface area contributed by atoms with E-state index in [9.17, 15) is 9.59 Å². The number of para-hydroxylation sites is 2. The zero-order valence-corrected chi connectivity index (χ0v) is 14.9. The van der Waals surface area contributed by atoms with E-state index in [0.29, 0.717) is 10.7 Å². The molecule has 0 fully saturated rings. The highest BCUT2D eigenvalue weighted by molar-refractivity contribution is 6.30. The minimum Gasteiger partial charge on any atom is -0.376 e. The number of halogens is 1. The molecule has 0 radical (unpaired) electrons. The van der Waals surface area contributed by atoms with Gasteiger partial charge in [-0.3, -0.25) is 9.59 Å². The molecule has 0 spiro atoms. The topological polar surface area (TPSA) is 61.4 Å². The van der Waals surface area contributed by atoms with Gasteiger partial charge in [-0.15, -0.1) is 0 Å². The number of nitrogens with one attached hydrogen (secondary N) is 2. The lowest BCUT2D eigenvalue weighted by Crippen LogP contribution is -2.42. The number of fused-ring (bicyclic) bond motifs is 1. The van der Waals surface area contributed by atoms with Gasteiger partial charge in [0.15, 0.2) is 0 Å². The fraction of sp³-hybridized carbons (Fsp3) is 0.263. The van der Waals surface area contributed by atoms with Gasteiger partial charge in [0.2, 0.25) is 11.8 Å². The van der Waals surface area contributed by atoms with Crippen molar-refractivity contribution in [2.24, 2.45) is 0 Å². The predicted molar refractivity (Wildman–Crippen MR) is 101 cm³/mol. The normalized spacial score (nSPS) is 16.7. The van der Waals surface area contributed by atoms with Crippen LogP contribution in [-0.2, 0) is 9.59 Å². The lowest BCUT2D eigenvalue weighted by Gasteiger charge is -2.28. The van der Waals surface area contributed by atoms with E-state index in [4.69, 9.17) is 11.6 Å². The molecule has 130 valence electrons. The van der Waals surface area contributed by atoms with Crippen LogP contribution in [0.5, 0.6) is 0 Å². The first kappa shape index (κ1) is 17.3. The standard InChI is InChI=1S/C19H20ClN3O2/c1-12-7-8-14(20)10-16(12)21-11-19(25)23-13(2)9-18(24)22-15-5-3-4-6-17(15)23/h3-8,10,13,21H,9,11H2,1-2H3,(H,22,24)/t13-/m0/s1. The van der Waals surface area contributed by atoms with E-state index in [1.807, 2.05) is 44.2 Å². The quantitative estimate of drug-likeness (QED) is 0.877. The Morgan fingerprint density at radius 3 is 2.88 bits per heavy atom. The molecule has 2 aromatic rings. The molecule has 0 saturated heterocycles. The van der Waals surface area contributed by atoms with Crippen molar-refractivity contribution in [3.63, 3.8) is 0 Å². The molecule has 0 unspecified atom stereocenters. The summed E-state index contributed by atoms with van der Waals surface area (Å²) in [5.41, 5.74) is 3.21. The summed E-state index contributed by atoms with van der Waals surface area (Å²) in [5.74, 6) is -0.190. The van der Waals surface area contributed by atoms with Gasteiger partial charge in [-0.25, -0.2) is 0 Å². The SMILES string of the molecule is Cc1ccc(Cl)cc1NCC(=O)N1c2ccccc2NC(=O)C[C@@H]1C. The molecule has 0 bridgehead atoms. The lowest BCUT2D eigenvalue weighted by atomic mass is 10.1. The van der Waals surface area contributed by atoms with Crippen LogP contribution in [0, 0.1) is 6.92 Å². The molecule has 0 saturated carbocycles. The zero-order valence-electron chi connectivity index (χ0n) is 14.2. The Labute approximate surface area is 152 Å². The summed E-state index contributed by atoms with van der Waals surface area (Å²) < 4.78 is 0. The highest BCUT2D eigenvalue weighted by Crippen LogP contribution is 2.31. The second-order valence-corrected chi connectivity index (χ2v) is 6.63. The molecule has 0 aliphatic carbocycles. The molecule has 2 N–H and O–H groups in total. The first-order valence-corrected chi connectivity index (χ1v) is 8.54. The lowest BCUT2D eigenvalue weighted by molar-refractivity contribution is -0.118. The van der Waals surface area contributed by atoms with Crippen LogP contribution in [0.15, 0.2) is 42.5 Å². The van der Waals surface area contributed by atoms with Crippen LogP contribution in [0.3, 0.4) is 0 Å². The molecule has 3 rings (SSSR count). The summed E-state index contributed by atoms with van der Waals surface area (Å²) in [5, 5.41) is 6.62. The van der Waals surface area contributed by atoms with Crippen molar-refractivity contribution in [2.45, 2.75) is 26.3 Å². The van der Waals surface area contributed by atoms with E-state index in [2.05, 4.69) is 10.6 Å². The predicted octanol–water partition coefficient (Wildman–Crippen LogP) is 3.82. The van der Waals surface area contributed by atoms with Gasteiger partial charge in [0.25, 0.3) is 0 Å². The fourth-order valence-corrected chi connectivity index (χ4v) is 3.18. The molecule has 6 heteroatoms. The van der Waals surface area contributed by atoms with Crippen molar-refractivity contribution in [1.82, 2.24) is 0 Å². The third kappa shape index (κ3) is 3.77. The number of carbonyl (C=O) groups is 2. The Kier molecular flexibility index (Phi) is 4.95. The number of anilines is 3. The van der Waals surface area contributed by atoms with Crippen molar-refractivity contribution in [3.05, 3.63) is 53.1 Å². The van der Waals surface area contributed by atoms with Crippen LogP contribution < -0.4 is 15.5 Å². The van der Waals surface area contributed by atoms with E-state index in [-0.39, 0.29) is 30.8 Å². The number of rotatable bonds is 3. The molecule has 1 aliphatic rings. The third-order valence-corrected chi connectivity index (χ3v) is 4.49. The van der Waals surface area contributed by atoms with Crippen LogP contribution in [0.4, 0.5) is 17.1 Å². The van der Waals surface area contributed by atoms with Gasteiger partial charge in [-0.2, -0.15) is 0 Å². The van der Waals surface area contributed by atoms with Crippen LogP contribution >= 0.6 is 11.6 Å². The molecule has 0 aromatic heterocycles. The minimum atomic E-state index is -0.224. The monoisotopic (exact) mass is 357 g/mol. The highest BCUT2D eigenvalue weighted by Gasteiger charge is 2.29. The van der Waals surface area contributed by atoms with Crippen LogP contribution in [0.25, 0.3) is 0 Å². The van der Waals surface area contributed by atoms with Crippen molar-refractivity contribution in [3.8, 4) is 0 Å². The summed E-state index contributed by atoms with van der Waals surface area (Å²) >= 11 is 6.03. The van der Waals surface area contributed by atoms with Crippen LogP contribution in [0.2, 0.25) is 5.02 Å². The number of benzene rings is 2. The average molecular weight is 358 g/mol. The smallest absolute Gasteiger partial charge is 0.246 e.